The van der Waals surface area contributed by atoms with Crippen LogP contribution in [0.25, 0.3) is 0 Å². The molecule has 30 heavy (non-hydrogen) atoms. The standard InChI is InChI=1S/C22H27N3O5/c1-4-29-20-11-16-8-9-24(13-17(16)12-21(20)30-5-2)14-22(26)23-19-7-6-18(25(27)28)10-15(19)3/h6-7,10-12H,4-5,8-9,13-14H2,1-3H3,(H,23,26)/p+1. The van der Waals surface area contributed by atoms with Crippen LogP contribution in [-0.4, -0.2) is 37.1 Å². The number of nitrogens with one attached hydrogen (secondary N) is 2. The molecular weight excluding hydrogens is 386 g/mol. The van der Waals surface area contributed by atoms with Crippen molar-refractivity contribution in [3.63, 3.8) is 0 Å². The molecule has 1 heterocycles. The molecule has 1 aliphatic heterocycles. The maximum absolute atomic E-state index is 12.6. The van der Waals surface area contributed by atoms with Gasteiger partial charge in [0.2, 0.25) is 0 Å². The fourth-order valence-electron chi connectivity index (χ4n) is 3.72. The molecule has 0 spiro atoms. The zero-order chi connectivity index (χ0) is 21.7. The van der Waals surface area contributed by atoms with Crippen molar-refractivity contribution in [3.05, 3.63) is 57.1 Å². The second kappa shape index (κ2) is 9.58. The third kappa shape index (κ3) is 5.07. The quantitative estimate of drug-likeness (QED) is 0.510. The molecule has 0 aliphatic carbocycles. The summed E-state index contributed by atoms with van der Waals surface area (Å²) in [6.07, 6.45) is 0.862. The highest BCUT2D eigenvalue weighted by molar-refractivity contribution is 5.92. The summed E-state index contributed by atoms with van der Waals surface area (Å²) in [6.45, 7) is 8.69. The summed E-state index contributed by atoms with van der Waals surface area (Å²) in [5.74, 6) is 1.40. The number of benzene rings is 2. The lowest BCUT2D eigenvalue weighted by molar-refractivity contribution is -0.907. The number of ether oxygens (including phenoxy) is 2. The van der Waals surface area contributed by atoms with Gasteiger partial charge in [-0.05, 0) is 50.1 Å². The smallest absolute Gasteiger partial charge is 0.279 e. The van der Waals surface area contributed by atoms with Crippen molar-refractivity contribution >= 4 is 17.3 Å². The lowest BCUT2D eigenvalue weighted by Gasteiger charge is -2.26. The first-order valence-electron chi connectivity index (χ1n) is 10.2. The summed E-state index contributed by atoms with van der Waals surface area (Å²) in [7, 11) is 0. The number of nitro benzene ring substituents is 1. The Morgan fingerprint density at radius 1 is 1.13 bits per heavy atom. The molecule has 1 unspecified atom stereocenters. The molecule has 2 N–H and O–H groups in total. The number of amides is 1. The third-order valence-corrected chi connectivity index (χ3v) is 5.16. The van der Waals surface area contributed by atoms with Crippen LogP contribution in [0.1, 0.15) is 30.5 Å². The van der Waals surface area contributed by atoms with Gasteiger partial charge >= 0.3 is 0 Å². The molecule has 8 heteroatoms. The van der Waals surface area contributed by atoms with Crippen LogP contribution in [0, 0.1) is 17.0 Å². The molecule has 1 amide bonds. The van der Waals surface area contributed by atoms with Crippen LogP contribution in [-0.2, 0) is 17.8 Å². The molecule has 0 fully saturated rings. The van der Waals surface area contributed by atoms with Crippen molar-refractivity contribution in [2.45, 2.75) is 33.7 Å². The fourth-order valence-corrected chi connectivity index (χ4v) is 3.72. The average Bonchev–Trinajstić information content (AvgIpc) is 2.70. The molecule has 160 valence electrons. The van der Waals surface area contributed by atoms with E-state index >= 15 is 0 Å². The van der Waals surface area contributed by atoms with Gasteiger partial charge in [0, 0.05) is 29.8 Å². The van der Waals surface area contributed by atoms with Crippen molar-refractivity contribution < 1.29 is 24.1 Å². The van der Waals surface area contributed by atoms with Gasteiger partial charge < -0.3 is 19.7 Å². The van der Waals surface area contributed by atoms with Gasteiger partial charge in [-0.2, -0.15) is 0 Å². The van der Waals surface area contributed by atoms with Gasteiger partial charge in [0.05, 0.1) is 24.7 Å². The molecule has 1 aliphatic rings. The van der Waals surface area contributed by atoms with Gasteiger partial charge in [-0.25, -0.2) is 0 Å². The minimum atomic E-state index is -0.443. The molecule has 3 rings (SSSR count). The van der Waals surface area contributed by atoms with E-state index in [0.29, 0.717) is 31.0 Å². The highest BCUT2D eigenvalue weighted by atomic mass is 16.6. The lowest BCUT2D eigenvalue weighted by atomic mass is 9.98. The van der Waals surface area contributed by atoms with E-state index in [0.717, 1.165) is 35.9 Å². The molecule has 0 radical (unpaired) electrons. The van der Waals surface area contributed by atoms with Crippen LogP contribution in [0.2, 0.25) is 0 Å². The summed E-state index contributed by atoms with van der Waals surface area (Å²) < 4.78 is 11.4. The summed E-state index contributed by atoms with van der Waals surface area (Å²) in [6, 6.07) is 8.53. The number of non-ortho nitro benzene ring substituents is 1. The Balaban J connectivity index is 1.66. The zero-order valence-electron chi connectivity index (χ0n) is 17.6. The minimum absolute atomic E-state index is 0.0142. The van der Waals surface area contributed by atoms with E-state index in [1.165, 1.54) is 23.3 Å². The Labute approximate surface area is 175 Å². The number of aryl methyl sites for hydroxylation is 1. The number of carbonyl (C=O) groups excluding carboxylic acids is 1. The van der Waals surface area contributed by atoms with Crippen LogP contribution >= 0.6 is 0 Å². The second-order valence-electron chi connectivity index (χ2n) is 7.34. The number of rotatable bonds is 8. The SMILES string of the molecule is CCOc1cc2c(cc1OCC)C[NH+](CC(=O)Nc1ccc([N+](=O)[O-])cc1C)CC2. The number of hydrogen-bond donors (Lipinski definition) is 2. The van der Waals surface area contributed by atoms with Gasteiger partial charge in [-0.15, -0.1) is 0 Å². The van der Waals surface area contributed by atoms with Crippen molar-refractivity contribution in [3.8, 4) is 11.5 Å². The first-order chi connectivity index (χ1) is 14.4. The van der Waals surface area contributed by atoms with Crippen molar-refractivity contribution in [1.82, 2.24) is 0 Å². The molecule has 8 nitrogen and oxygen atoms in total. The van der Waals surface area contributed by atoms with E-state index in [2.05, 4.69) is 11.4 Å². The molecule has 1 atom stereocenters. The Bertz CT molecular complexity index is 945. The van der Waals surface area contributed by atoms with E-state index < -0.39 is 4.92 Å². The van der Waals surface area contributed by atoms with E-state index in [-0.39, 0.29) is 11.6 Å². The zero-order valence-corrected chi connectivity index (χ0v) is 17.6. The Hall–Kier alpha value is -3.13. The lowest BCUT2D eigenvalue weighted by Crippen LogP contribution is -3.12. The van der Waals surface area contributed by atoms with Crippen LogP contribution in [0.4, 0.5) is 11.4 Å². The van der Waals surface area contributed by atoms with Crippen LogP contribution in [0.15, 0.2) is 30.3 Å². The highest BCUT2D eigenvalue weighted by Crippen LogP contribution is 2.32. The predicted molar refractivity (Wildman–Crippen MR) is 113 cm³/mol. The normalized spacial score (nSPS) is 15.2. The molecule has 0 saturated heterocycles. The first kappa shape index (κ1) is 21.6. The number of fused-ring (bicyclic) bond motifs is 1. The van der Waals surface area contributed by atoms with Crippen LogP contribution in [0.5, 0.6) is 11.5 Å². The monoisotopic (exact) mass is 414 g/mol. The van der Waals surface area contributed by atoms with Gasteiger partial charge in [0.1, 0.15) is 6.54 Å². The van der Waals surface area contributed by atoms with Gasteiger partial charge in [0.15, 0.2) is 18.0 Å². The first-order valence-corrected chi connectivity index (χ1v) is 10.2. The van der Waals surface area contributed by atoms with Crippen molar-refractivity contribution in [1.29, 1.82) is 0 Å². The Kier molecular flexibility index (Phi) is 6.89. The summed E-state index contributed by atoms with van der Waals surface area (Å²) in [5, 5.41) is 13.7. The summed E-state index contributed by atoms with van der Waals surface area (Å²) in [4.78, 5) is 24.1. The van der Waals surface area contributed by atoms with Crippen LogP contribution < -0.4 is 19.7 Å². The number of quaternary nitrogens is 1. The van der Waals surface area contributed by atoms with Crippen molar-refractivity contribution in [2.24, 2.45) is 0 Å². The number of hydrogen-bond acceptors (Lipinski definition) is 5. The van der Waals surface area contributed by atoms with Crippen LogP contribution in [0.3, 0.4) is 0 Å². The van der Waals surface area contributed by atoms with Gasteiger partial charge in [-0.3, -0.25) is 14.9 Å². The number of anilines is 1. The maximum Gasteiger partial charge on any atom is 0.279 e. The van der Waals surface area contributed by atoms with Gasteiger partial charge in [0.25, 0.3) is 11.6 Å². The maximum atomic E-state index is 12.6. The molecular formula is C22H28N3O5+. The molecule has 2 aromatic rings. The van der Waals surface area contributed by atoms with E-state index in [9.17, 15) is 14.9 Å². The number of nitro groups is 1. The Morgan fingerprint density at radius 3 is 2.40 bits per heavy atom. The second-order valence-corrected chi connectivity index (χ2v) is 7.34. The molecule has 0 aromatic heterocycles. The largest absolute Gasteiger partial charge is 0.490 e. The average molecular weight is 414 g/mol. The fraction of sp³-hybridized carbons (Fsp3) is 0.409. The molecule has 0 bridgehead atoms. The van der Waals surface area contributed by atoms with Crippen molar-refractivity contribution in [2.75, 3.05) is 31.6 Å². The van der Waals surface area contributed by atoms with E-state index in [4.69, 9.17) is 9.47 Å². The summed E-state index contributed by atoms with van der Waals surface area (Å²) >= 11 is 0. The molecule has 0 saturated carbocycles. The topological polar surface area (TPSA) is 95.1 Å². The Morgan fingerprint density at radius 2 is 1.80 bits per heavy atom. The third-order valence-electron chi connectivity index (χ3n) is 5.16. The highest BCUT2D eigenvalue weighted by Gasteiger charge is 2.24. The van der Waals surface area contributed by atoms with Gasteiger partial charge in [-0.1, -0.05) is 0 Å². The number of carbonyl (C=O) groups is 1. The summed E-state index contributed by atoms with van der Waals surface area (Å²) in [5.41, 5.74) is 3.68. The minimum Gasteiger partial charge on any atom is -0.490 e. The van der Waals surface area contributed by atoms with E-state index in [1.54, 1.807) is 13.0 Å². The number of nitrogens with zero attached hydrogens (tertiary/aromatic N) is 1. The predicted octanol–water partition coefficient (Wildman–Crippen LogP) is 2.28. The van der Waals surface area contributed by atoms with E-state index in [1.807, 2.05) is 19.9 Å². The molecule has 2 aromatic carbocycles.